The monoisotopic (exact) mass is 398 g/mol. The summed E-state index contributed by atoms with van der Waals surface area (Å²) in [5, 5.41) is 2.96. The lowest BCUT2D eigenvalue weighted by Crippen LogP contribution is -2.43. The third-order valence-electron chi connectivity index (χ3n) is 4.73. The van der Waals surface area contributed by atoms with Crippen LogP contribution >= 0.6 is 11.8 Å². The summed E-state index contributed by atoms with van der Waals surface area (Å²) in [6, 6.07) is 7.65. The van der Waals surface area contributed by atoms with Gasteiger partial charge in [0, 0.05) is 43.4 Å². The molecule has 0 radical (unpaired) electrons. The first-order valence-corrected chi connectivity index (χ1v) is 11.9. The fraction of sp³-hybridized carbons (Fsp3) is 0.611. The first-order valence-electron chi connectivity index (χ1n) is 9.08. The molecule has 0 saturated carbocycles. The number of nitrogens with one attached hydrogen (secondary N) is 1. The van der Waals surface area contributed by atoms with Gasteiger partial charge in [0.25, 0.3) is 5.91 Å². The minimum Gasteiger partial charge on any atom is -0.377 e. The van der Waals surface area contributed by atoms with Crippen LogP contribution in [0.5, 0.6) is 0 Å². The Morgan fingerprint density at radius 2 is 2.04 bits per heavy atom. The minimum atomic E-state index is -2.86. The molecule has 8 heteroatoms. The minimum absolute atomic E-state index is 0.0786. The predicted molar refractivity (Wildman–Crippen MR) is 104 cm³/mol. The summed E-state index contributed by atoms with van der Waals surface area (Å²) >= 11 is 1.67. The molecule has 1 aromatic carbocycles. The first-order chi connectivity index (χ1) is 12.5. The van der Waals surface area contributed by atoms with Crippen molar-refractivity contribution in [1.82, 2.24) is 10.2 Å². The maximum absolute atomic E-state index is 12.5. The zero-order valence-electron chi connectivity index (χ0n) is 14.9. The molecule has 0 spiro atoms. The van der Waals surface area contributed by atoms with Crippen LogP contribution in [0, 0.1) is 0 Å². The SMILES string of the molecule is O=C(NCCN1CCS(=O)(=O)CC1)c1ccccc1SCC1CCCO1. The van der Waals surface area contributed by atoms with Crippen molar-refractivity contribution >= 4 is 27.5 Å². The highest BCUT2D eigenvalue weighted by Gasteiger charge is 2.21. The molecule has 2 aliphatic rings. The van der Waals surface area contributed by atoms with E-state index in [1.54, 1.807) is 11.8 Å². The highest BCUT2D eigenvalue weighted by molar-refractivity contribution is 7.99. The molecule has 6 nitrogen and oxygen atoms in total. The van der Waals surface area contributed by atoms with E-state index in [1.807, 2.05) is 24.3 Å². The maximum atomic E-state index is 12.5. The van der Waals surface area contributed by atoms with Crippen LogP contribution in [0.3, 0.4) is 0 Å². The molecule has 3 rings (SSSR count). The third-order valence-corrected chi connectivity index (χ3v) is 7.55. The molecule has 144 valence electrons. The molecule has 0 aromatic heterocycles. The topological polar surface area (TPSA) is 75.7 Å². The van der Waals surface area contributed by atoms with E-state index in [4.69, 9.17) is 4.74 Å². The fourth-order valence-corrected chi connectivity index (χ4v) is 5.53. The van der Waals surface area contributed by atoms with Gasteiger partial charge in [-0.2, -0.15) is 0 Å². The lowest BCUT2D eigenvalue weighted by molar-refractivity contribution is 0.0945. The predicted octanol–water partition coefficient (Wildman–Crippen LogP) is 1.42. The number of thioether (sulfide) groups is 1. The van der Waals surface area contributed by atoms with E-state index < -0.39 is 9.84 Å². The van der Waals surface area contributed by atoms with Crippen LogP contribution in [0.15, 0.2) is 29.2 Å². The standard InChI is InChI=1S/C18H26N2O4S2/c21-18(19-7-8-20-9-12-26(22,23)13-10-20)16-5-1-2-6-17(16)25-14-15-4-3-11-24-15/h1-2,5-6,15H,3-4,7-14H2,(H,19,21). The molecular formula is C18H26N2O4S2. The number of amides is 1. The normalized spacial score (nSPS) is 23.0. The van der Waals surface area contributed by atoms with Gasteiger partial charge in [-0.1, -0.05) is 12.1 Å². The van der Waals surface area contributed by atoms with Crippen molar-refractivity contribution in [2.45, 2.75) is 23.8 Å². The molecule has 2 heterocycles. The Balaban J connectivity index is 1.46. The fourth-order valence-electron chi connectivity index (χ4n) is 3.14. The summed E-state index contributed by atoms with van der Waals surface area (Å²) < 4.78 is 28.6. The number of nitrogens with zero attached hydrogens (tertiary/aromatic N) is 1. The van der Waals surface area contributed by atoms with E-state index in [0.717, 1.165) is 30.1 Å². The molecule has 2 saturated heterocycles. The number of carbonyl (C=O) groups excluding carboxylic acids is 1. The van der Waals surface area contributed by atoms with Crippen molar-refractivity contribution in [2.24, 2.45) is 0 Å². The van der Waals surface area contributed by atoms with Crippen molar-refractivity contribution in [3.8, 4) is 0 Å². The summed E-state index contributed by atoms with van der Waals surface area (Å²) in [5.41, 5.74) is 0.691. The van der Waals surface area contributed by atoms with Crippen LogP contribution in [0.2, 0.25) is 0 Å². The van der Waals surface area contributed by atoms with Crippen molar-refractivity contribution in [1.29, 1.82) is 0 Å². The molecule has 1 aromatic rings. The average Bonchev–Trinajstić information content (AvgIpc) is 3.15. The molecule has 1 N–H and O–H groups in total. The Morgan fingerprint density at radius 3 is 2.77 bits per heavy atom. The summed E-state index contributed by atoms with van der Waals surface area (Å²) in [6.45, 7) is 3.12. The molecule has 0 aliphatic carbocycles. The van der Waals surface area contributed by atoms with Crippen LogP contribution < -0.4 is 5.32 Å². The first kappa shape index (κ1) is 19.7. The van der Waals surface area contributed by atoms with Gasteiger partial charge in [0.05, 0.1) is 23.2 Å². The smallest absolute Gasteiger partial charge is 0.252 e. The van der Waals surface area contributed by atoms with Gasteiger partial charge < -0.3 is 10.1 Å². The van der Waals surface area contributed by atoms with E-state index in [-0.39, 0.29) is 23.5 Å². The highest BCUT2D eigenvalue weighted by Crippen LogP contribution is 2.26. The van der Waals surface area contributed by atoms with Crippen molar-refractivity contribution < 1.29 is 17.9 Å². The van der Waals surface area contributed by atoms with Gasteiger partial charge in [-0.15, -0.1) is 11.8 Å². The zero-order valence-corrected chi connectivity index (χ0v) is 16.5. The third kappa shape index (κ3) is 5.70. The van der Waals surface area contributed by atoms with Crippen LogP contribution in [0.25, 0.3) is 0 Å². The average molecular weight is 399 g/mol. The number of carbonyl (C=O) groups is 1. The summed E-state index contributed by atoms with van der Waals surface area (Å²) in [4.78, 5) is 15.6. The molecule has 2 aliphatic heterocycles. The van der Waals surface area contributed by atoms with E-state index in [2.05, 4.69) is 10.2 Å². The lowest BCUT2D eigenvalue weighted by atomic mass is 10.2. The quantitative estimate of drug-likeness (QED) is 0.700. The van der Waals surface area contributed by atoms with Crippen LogP contribution in [-0.4, -0.2) is 75.4 Å². The molecule has 26 heavy (non-hydrogen) atoms. The molecule has 2 fully saturated rings. The molecule has 1 amide bonds. The number of rotatable bonds is 7. The summed E-state index contributed by atoms with van der Waals surface area (Å²) in [7, 11) is -2.86. The van der Waals surface area contributed by atoms with Crippen LogP contribution in [0.4, 0.5) is 0 Å². The Morgan fingerprint density at radius 1 is 1.27 bits per heavy atom. The number of benzene rings is 1. The Kier molecular flexibility index (Phi) is 6.97. The van der Waals surface area contributed by atoms with Gasteiger partial charge in [0.2, 0.25) is 0 Å². The van der Waals surface area contributed by atoms with E-state index in [1.165, 1.54) is 0 Å². The number of hydrogen-bond acceptors (Lipinski definition) is 6. The molecular weight excluding hydrogens is 372 g/mol. The second-order valence-corrected chi connectivity index (χ2v) is 10.1. The zero-order chi connectivity index (χ0) is 18.4. The van der Waals surface area contributed by atoms with Gasteiger partial charge in [-0.05, 0) is 25.0 Å². The second-order valence-electron chi connectivity index (χ2n) is 6.69. The van der Waals surface area contributed by atoms with Gasteiger partial charge in [-0.3, -0.25) is 9.69 Å². The van der Waals surface area contributed by atoms with Crippen molar-refractivity contribution in [3.05, 3.63) is 29.8 Å². The van der Waals surface area contributed by atoms with Crippen molar-refractivity contribution in [2.75, 3.05) is 50.0 Å². The van der Waals surface area contributed by atoms with E-state index in [9.17, 15) is 13.2 Å². The Labute approximate surface area is 159 Å². The van der Waals surface area contributed by atoms with Crippen molar-refractivity contribution in [3.63, 3.8) is 0 Å². The summed E-state index contributed by atoms with van der Waals surface area (Å²) in [6.07, 6.45) is 2.49. The summed E-state index contributed by atoms with van der Waals surface area (Å²) in [5.74, 6) is 1.21. The number of sulfone groups is 1. The van der Waals surface area contributed by atoms with Crippen LogP contribution in [-0.2, 0) is 14.6 Å². The Hall–Kier alpha value is -1.09. The van der Waals surface area contributed by atoms with Gasteiger partial charge in [0.1, 0.15) is 0 Å². The number of hydrogen-bond donors (Lipinski definition) is 1. The lowest BCUT2D eigenvalue weighted by Gasteiger charge is -2.26. The van der Waals surface area contributed by atoms with Gasteiger partial charge >= 0.3 is 0 Å². The number of ether oxygens (including phenoxy) is 1. The van der Waals surface area contributed by atoms with Crippen LogP contribution in [0.1, 0.15) is 23.2 Å². The second kappa shape index (κ2) is 9.21. The van der Waals surface area contributed by atoms with E-state index in [0.29, 0.717) is 31.7 Å². The maximum Gasteiger partial charge on any atom is 0.252 e. The van der Waals surface area contributed by atoms with Gasteiger partial charge in [-0.25, -0.2) is 8.42 Å². The van der Waals surface area contributed by atoms with Gasteiger partial charge in [0.15, 0.2) is 9.84 Å². The molecule has 1 unspecified atom stereocenters. The highest BCUT2D eigenvalue weighted by atomic mass is 32.2. The molecule has 0 bridgehead atoms. The molecule has 1 atom stereocenters. The Bertz CT molecular complexity index is 704. The largest absolute Gasteiger partial charge is 0.377 e. The van der Waals surface area contributed by atoms with E-state index >= 15 is 0 Å².